The summed E-state index contributed by atoms with van der Waals surface area (Å²) in [6.45, 7) is 8.76. The van der Waals surface area contributed by atoms with Gasteiger partial charge in [0.05, 0.1) is 6.20 Å². The molecule has 96 valence electrons. The monoisotopic (exact) mass is 237 g/mol. The van der Waals surface area contributed by atoms with Crippen LogP contribution in [0.2, 0.25) is 0 Å². The molecule has 17 heavy (non-hydrogen) atoms. The summed E-state index contributed by atoms with van der Waals surface area (Å²) >= 11 is 0. The highest BCUT2D eigenvalue weighted by Gasteiger charge is 2.14. The van der Waals surface area contributed by atoms with Crippen molar-refractivity contribution < 1.29 is 0 Å². The summed E-state index contributed by atoms with van der Waals surface area (Å²) in [5, 5.41) is 11.4. The number of rotatable bonds is 5. The van der Waals surface area contributed by atoms with Gasteiger partial charge in [-0.3, -0.25) is 0 Å². The Bertz CT molecular complexity index is 329. The largest absolute Gasteiger partial charge is 0.365 e. The van der Waals surface area contributed by atoms with Crippen LogP contribution in [0.15, 0.2) is 6.20 Å². The van der Waals surface area contributed by atoms with Crippen LogP contribution in [0, 0.1) is 0 Å². The van der Waals surface area contributed by atoms with Crippen molar-refractivity contribution in [2.24, 2.45) is 0 Å². The molecule has 1 aliphatic rings. The average Bonchev–Trinajstić information content (AvgIpc) is 2.77. The maximum atomic E-state index is 4.03. The topological polar surface area (TPSA) is 46.0 Å². The van der Waals surface area contributed by atoms with Crippen LogP contribution in [0.3, 0.4) is 0 Å². The first kappa shape index (κ1) is 12.4. The van der Waals surface area contributed by atoms with Gasteiger partial charge in [0.15, 0.2) is 0 Å². The van der Waals surface area contributed by atoms with Gasteiger partial charge in [-0.05, 0) is 39.8 Å². The summed E-state index contributed by atoms with van der Waals surface area (Å²) in [7, 11) is 0. The van der Waals surface area contributed by atoms with Crippen LogP contribution in [-0.4, -0.2) is 45.6 Å². The number of likely N-dealkylation sites (tertiary alicyclic amines) is 1. The lowest BCUT2D eigenvalue weighted by atomic mass is 10.1. The molecule has 1 unspecified atom stereocenters. The van der Waals surface area contributed by atoms with E-state index in [1.54, 1.807) is 6.20 Å². The molecule has 0 radical (unpaired) electrons. The summed E-state index contributed by atoms with van der Waals surface area (Å²) < 4.78 is 1.90. The standard InChI is InChI=1S/C12H23N5/c1-3-17-12(9-13-15-17)14-11(2)10-16-7-5-4-6-8-16/h9,11,14H,3-8,10H2,1-2H3. The molecule has 0 amide bonds. The Morgan fingerprint density at radius 1 is 1.35 bits per heavy atom. The normalized spacial score (nSPS) is 19.2. The van der Waals surface area contributed by atoms with E-state index in [2.05, 4.69) is 34.4 Å². The zero-order chi connectivity index (χ0) is 12.1. The summed E-state index contributed by atoms with van der Waals surface area (Å²) in [6.07, 6.45) is 5.89. The van der Waals surface area contributed by atoms with Gasteiger partial charge in [-0.1, -0.05) is 11.6 Å². The highest BCUT2D eigenvalue weighted by Crippen LogP contribution is 2.11. The Hall–Kier alpha value is -1.10. The van der Waals surface area contributed by atoms with E-state index >= 15 is 0 Å². The van der Waals surface area contributed by atoms with Gasteiger partial charge in [0.2, 0.25) is 0 Å². The quantitative estimate of drug-likeness (QED) is 0.844. The van der Waals surface area contributed by atoms with E-state index in [-0.39, 0.29) is 0 Å². The number of aryl methyl sites for hydroxylation is 1. The molecule has 5 heteroatoms. The van der Waals surface area contributed by atoms with Crippen molar-refractivity contribution >= 4 is 5.82 Å². The Balaban J connectivity index is 1.82. The fourth-order valence-corrected chi connectivity index (χ4v) is 2.43. The molecule has 1 N–H and O–H groups in total. The number of nitrogens with one attached hydrogen (secondary N) is 1. The van der Waals surface area contributed by atoms with Gasteiger partial charge in [0.1, 0.15) is 5.82 Å². The SMILES string of the molecule is CCn1nncc1NC(C)CN1CCCCC1. The van der Waals surface area contributed by atoms with E-state index in [1.165, 1.54) is 32.4 Å². The van der Waals surface area contributed by atoms with Crippen LogP contribution in [0.25, 0.3) is 0 Å². The predicted molar refractivity (Wildman–Crippen MR) is 69.1 cm³/mol. The number of hydrogen-bond acceptors (Lipinski definition) is 4. The molecule has 0 saturated carbocycles. The zero-order valence-electron chi connectivity index (χ0n) is 10.9. The summed E-state index contributed by atoms with van der Waals surface area (Å²) in [6, 6.07) is 0.442. The molecule has 1 fully saturated rings. The van der Waals surface area contributed by atoms with Gasteiger partial charge in [-0.15, -0.1) is 5.10 Å². The van der Waals surface area contributed by atoms with Crippen LogP contribution in [0.1, 0.15) is 33.1 Å². The summed E-state index contributed by atoms with van der Waals surface area (Å²) in [5.41, 5.74) is 0. The molecule has 0 aliphatic carbocycles. The van der Waals surface area contributed by atoms with Crippen molar-refractivity contribution in [3.8, 4) is 0 Å². The maximum Gasteiger partial charge on any atom is 0.145 e. The minimum absolute atomic E-state index is 0.442. The first-order chi connectivity index (χ1) is 8.29. The second-order valence-electron chi connectivity index (χ2n) is 4.84. The van der Waals surface area contributed by atoms with Crippen molar-refractivity contribution in [2.45, 2.75) is 45.7 Å². The van der Waals surface area contributed by atoms with Gasteiger partial charge in [0.25, 0.3) is 0 Å². The third kappa shape index (κ3) is 3.43. The van der Waals surface area contributed by atoms with Crippen LogP contribution in [-0.2, 0) is 6.54 Å². The van der Waals surface area contributed by atoms with Crippen molar-refractivity contribution in [1.82, 2.24) is 19.9 Å². The Kier molecular flexibility index (Phi) is 4.36. The summed E-state index contributed by atoms with van der Waals surface area (Å²) in [4.78, 5) is 2.54. The Morgan fingerprint density at radius 2 is 2.12 bits per heavy atom. The third-order valence-corrected chi connectivity index (χ3v) is 3.29. The minimum Gasteiger partial charge on any atom is -0.365 e. The van der Waals surface area contributed by atoms with E-state index in [9.17, 15) is 0 Å². The molecule has 1 saturated heterocycles. The van der Waals surface area contributed by atoms with Crippen LogP contribution in [0.4, 0.5) is 5.82 Å². The molecule has 5 nitrogen and oxygen atoms in total. The Morgan fingerprint density at radius 3 is 2.82 bits per heavy atom. The minimum atomic E-state index is 0.442. The van der Waals surface area contributed by atoms with E-state index < -0.39 is 0 Å². The fraction of sp³-hybridized carbons (Fsp3) is 0.833. The highest BCUT2D eigenvalue weighted by molar-refractivity contribution is 5.32. The molecule has 0 spiro atoms. The van der Waals surface area contributed by atoms with Gasteiger partial charge < -0.3 is 10.2 Å². The molecule has 1 aromatic heterocycles. The summed E-state index contributed by atoms with van der Waals surface area (Å²) in [5.74, 6) is 1.03. The predicted octanol–water partition coefficient (Wildman–Crippen LogP) is 1.58. The van der Waals surface area contributed by atoms with Gasteiger partial charge in [-0.2, -0.15) is 0 Å². The van der Waals surface area contributed by atoms with Crippen molar-refractivity contribution in [1.29, 1.82) is 0 Å². The number of hydrogen-bond donors (Lipinski definition) is 1. The third-order valence-electron chi connectivity index (χ3n) is 3.29. The van der Waals surface area contributed by atoms with Crippen LogP contribution >= 0.6 is 0 Å². The lowest BCUT2D eigenvalue weighted by molar-refractivity contribution is 0.223. The first-order valence-corrected chi connectivity index (χ1v) is 6.67. The number of anilines is 1. The molecule has 1 atom stereocenters. The molecule has 2 rings (SSSR count). The molecule has 0 bridgehead atoms. The van der Waals surface area contributed by atoms with E-state index in [4.69, 9.17) is 0 Å². The second-order valence-corrected chi connectivity index (χ2v) is 4.84. The number of nitrogens with zero attached hydrogens (tertiary/aromatic N) is 4. The van der Waals surface area contributed by atoms with Crippen LogP contribution < -0.4 is 5.32 Å². The first-order valence-electron chi connectivity index (χ1n) is 6.67. The van der Waals surface area contributed by atoms with Gasteiger partial charge in [0, 0.05) is 19.1 Å². The number of aromatic nitrogens is 3. The lowest BCUT2D eigenvalue weighted by Gasteiger charge is -2.29. The van der Waals surface area contributed by atoms with E-state index in [1.807, 2.05) is 4.68 Å². The Labute approximate surface area is 103 Å². The highest BCUT2D eigenvalue weighted by atomic mass is 15.5. The smallest absolute Gasteiger partial charge is 0.145 e. The fourth-order valence-electron chi connectivity index (χ4n) is 2.43. The molecular formula is C12H23N5. The molecular weight excluding hydrogens is 214 g/mol. The second kappa shape index (κ2) is 6.00. The lowest BCUT2D eigenvalue weighted by Crippen LogP contribution is -2.38. The molecule has 0 aromatic carbocycles. The molecule has 1 aromatic rings. The van der Waals surface area contributed by atoms with Crippen molar-refractivity contribution in [3.05, 3.63) is 6.20 Å². The van der Waals surface area contributed by atoms with Crippen molar-refractivity contribution in [3.63, 3.8) is 0 Å². The number of piperidine rings is 1. The van der Waals surface area contributed by atoms with E-state index in [0.29, 0.717) is 6.04 Å². The average molecular weight is 237 g/mol. The van der Waals surface area contributed by atoms with Crippen molar-refractivity contribution in [2.75, 3.05) is 25.0 Å². The van der Waals surface area contributed by atoms with Gasteiger partial charge in [-0.25, -0.2) is 4.68 Å². The molecule has 2 heterocycles. The van der Waals surface area contributed by atoms with Gasteiger partial charge >= 0.3 is 0 Å². The zero-order valence-corrected chi connectivity index (χ0v) is 10.9. The molecule has 1 aliphatic heterocycles. The van der Waals surface area contributed by atoms with E-state index in [0.717, 1.165) is 18.9 Å². The van der Waals surface area contributed by atoms with Crippen LogP contribution in [0.5, 0.6) is 0 Å². The maximum absolute atomic E-state index is 4.03.